The van der Waals surface area contributed by atoms with E-state index in [0.29, 0.717) is 17.1 Å². The quantitative estimate of drug-likeness (QED) is 0.622. The topological polar surface area (TPSA) is 61.0 Å². The van der Waals surface area contributed by atoms with Crippen LogP contribution in [0.5, 0.6) is 0 Å². The smallest absolute Gasteiger partial charge is 0.268 e. The average molecular weight is 252 g/mol. The Morgan fingerprint density at radius 3 is 2.88 bits per heavy atom. The monoisotopic (exact) mass is 251 g/mol. The van der Waals surface area contributed by atoms with E-state index < -0.39 is 4.92 Å². The molecule has 5 nitrogen and oxygen atoms in total. The lowest BCUT2D eigenvalue weighted by atomic mass is 10.2. The van der Waals surface area contributed by atoms with E-state index in [2.05, 4.69) is 5.10 Å². The number of aromatic nitrogens is 2. The molecule has 0 aliphatic rings. The highest BCUT2D eigenvalue weighted by atomic mass is 35.5. The van der Waals surface area contributed by atoms with Crippen LogP contribution in [0.2, 0.25) is 5.02 Å². The van der Waals surface area contributed by atoms with Crippen molar-refractivity contribution in [1.29, 1.82) is 0 Å². The second kappa shape index (κ2) is 4.55. The molecule has 0 saturated carbocycles. The Morgan fingerprint density at radius 2 is 2.29 bits per heavy atom. The fraction of sp³-hybridized carbons (Fsp3) is 0.182. The van der Waals surface area contributed by atoms with E-state index in [1.54, 1.807) is 10.9 Å². The molecule has 88 valence electrons. The summed E-state index contributed by atoms with van der Waals surface area (Å²) >= 11 is 5.99. The third kappa shape index (κ3) is 2.62. The normalized spacial score (nSPS) is 10.5. The van der Waals surface area contributed by atoms with E-state index in [-0.39, 0.29) is 5.69 Å². The van der Waals surface area contributed by atoms with Crippen molar-refractivity contribution in [2.24, 2.45) is 0 Å². The molecule has 0 aliphatic carbocycles. The van der Waals surface area contributed by atoms with Gasteiger partial charge in [-0.2, -0.15) is 5.10 Å². The van der Waals surface area contributed by atoms with Crippen molar-refractivity contribution in [3.63, 3.8) is 0 Å². The lowest BCUT2D eigenvalue weighted by Crippen LogP contribution is -2.01. The molecule has 0 spiro atoms. The molecule has 1 aromatic carbocycles. The molecule has 1 heterocycles. The molecule has 1 aromatic heterocycles. The average Bonchev–Trinajstić information content (AvgIpc) is 2.67. The minimum Gasteiger partial charge on any atom is -0.268 e. The zero-order valence-corrected chi connectivity index (χ0v) is 9.89. The molecule has 2 aromatic rings. The number of hydrogen-bond donors (Lipinski definition) is 0. The van der Waals surface area contributed by atoms with Crippen LogP contribution in [0.25, 0.3) is 0 Å². The van der Waals surface area contributed by atoms with Gasteiger partial charge < -0.3 is 0 Å². The van der Waals surface area contributed by atoms with E-state index in [1.165, 1.54) is 18.2 Å². The van der Waals surface area contributed by atoms with Gasteiger partial charge in [-0.3, -0.25) is 14.8 Å². The Hall–Kier alpha value is -1.88. The van der Waals surface area contributed by atoms with Crippen LogP contribution in [-0.2, 0) is 6.54 Å². The summed E-state index contributed by atoms with van der Waals surface area (Å²) < 4.78 is 1.69. The highest BCUT2D eigenvalue weighted by Gasteiger charge is 2.10. The van der Waals surface area contributed by atoms with E-state index in [1.807, 2.05) is 13.1 Å². The maximum atomic E-state index is 10.7. The lowest BCUT2D eigenvalue weighted by molar-refractivity contribution is -0.384. The zero-order chi connectivity index (χ0) is 12.4. The summed E-state index contributed by atoms with van der Waals surface area (Å²) in [6, 6.07) is 4.39. The summed E-state index contributed by atoms with van der Waals surface area (Å²) in [4.78, 5) is 10.2. The molecule has 0 aliphatic heterocycles. The molecular weight excluding hydrogens is 242 g/mol. The third-order valence-corrected chi connectivity index (χ3v) is 2.70. The minimum atomic E-state index is -0.436. The summed E-state index contributed by atoms with van der Waals surface area (Å²) in [5, 5.41) is 15.3. The van der Waals surface area contributed by atoms with Gasteiger partial charge in [-0.15, -0.1) is 0 Å². The summed E-state index contributed by atoms with van der Waals surface area (Å²) in [6.07, 6.45) is 3.58. The minimum absolute atomic E-state index is 0.0354. The molecule has 0 bridgehead atoms. The molecule has 6 heteroatoms. The maximum absolute atomic E-state index is 10.7. The summed E-state index contributed by atoms with van der Waals surface area (Å²) in [5.41, 5.74) is 1.75. The van der Waals surface area contributed by atoms with Gasteiger partial charge >= 0.3 is 0 Å². The van der Waals surface area contributed by atoms with E-state index in [0.717, 1.165) is 5.56 Å². The van der Waals surface area contributed by atoms with Crippen molar-refractivity contribution in [3.05, 3.63) is 56.9 Å². The number of hydrogen-bond acceptors (Lipinski definition) is 3. The van der Waals surface area contributed by atoms with Gasteiger partial charge in [0, 0.05) is 23.4 Å². The van der Waals surface area contributed by atoms with Crippen LogP contribution in [0.3, 0.4) is 0 Å². The van der Waals surface area contributed by atoms with Gasteiger partial charge in [0.1, 0.15) is 0 Å². The van der Waals surface area contributed by atoms with Gasteiger partial charge in [0.25, 0.3) is 5.69 Å². The molecule has 0 radical (unpaired) electrons. The SMILES string of the molecule is Cc1cnn(Cc2cc([N+](=O)[O-])ccc2Cl)c1. The molecule has 2 rings (SSSR count). The Morgan fingerprint density at radius 1 is 1.53 bits per heavy atom. The van der Waals surface area contributed by atoms with Crippen LogP contribution >= 0.6 is 11.6 Å². The Labute approximate surface area is 103 Å². The fourth-order valence-corrected chi connectivity index (χ4v) is 1.70. The molecule has 0 unspecified atom stereocenters. The maximum Gasteiger partial charge on any atom is 0.269 e. The van der Waals surface area contributed by atoms with Crippen molar-refractivity contribution in [1.82, 2.24) is 9.78 Å². The van der Waals surface area contributed by atoms with Crippen molar-refractivity contribution in [2.45, 2.75) is 13.5 Å². The van der Waals surface area contributed by atoms with E-state index >= 15 is 0 Å². The van der Waals surface area contributed by atoms with Crippen LogP contribution < -0.4 is 0 Å². The third-order valence-electron chi connectivity index (χ3n) is 2.33. The predicted octanol–water partition coefficient (Wildman–Crippen LogP) is 2.80. The van der Waals surface area contributed by atoms with Crippen molar-refractivity contribution in [3.8, 4) is 0 Å². The summed E-state index contributed by atoms with van der Waals surface area (Å²) in [7, 11) is 0. The largest absolute Gasteiger partial charge is 0.269 e. The first-order valence-corrected chi connectivity index (χ1v) is 5.36. The Bertz CT molecular complexity index is 566. The van der Waals surface area contributed by atoms with Gasteiger partial charge in [-0.05, 0) is 24.1 Å². The van der Waals surface area contributed by atoms with Gasteiger partial charge in [-0.1, -0.05) is 11.6 Å². The second-order valence-corrected chi connectivity index (χ2v) is 4.16. The van der Waals surface area contributed by atoms with Crippen molar-refractivity contribution >= 4 is 17.3 Å². The number of non-ortho nitro benzene ring substituents is 1. The van der Waals surface area contributed by atoms with E-state index in [4.69, 9.17) is 11.6 Å². The molecule has 0 fully saturated rings. The van der Waals surface area contributed by atoms with Gasteiger partial charge in [-0.25, -0.2) is 0 Å². The molecular formula is C11H10ClN3O2. The Balaban J connectivity index is 2.31. The van der Waals surface area contributed by atoms with Crippen LogP contribution in [0.4, 0.5) is 5.69 Å². The van der Waals surface area contributed by atoms with Crippen LogP contribution in [0.15, 0.2) is 30.6 Å². The second-order valence-electron chi connectivity index (χ2n) is 3.75. The molecule has 17 heavy (non-hydrogen) atoms. The Kier molecular flexibility index (Phi) is 3.10. The first kappa shape index (κ1) is 11.6. The number of nitrogens with zero attached hydrogens (tertiary/aromatic N) is 3. The predicted molar refractivity (Wildman–Crippen MR) is 64.2 cm³/mol. The number of aryl methyl sites for hydroxylation is 1. The first-order chi connectivity index (χ1) is 8.06. The first-order valence-electron chi connectivity index (χ1n) is 4.98. The molecule has 0 atom stereocenters. The number of halogens is 1. The van der Waals surface area contributed by atoms with Crippen LogP contribution in [0.1, 0.15) is 11.1 Å². The number of nitro groups is 1. The highest BCUT2D eigenvalue weighted by molar-refractivity contribution is 6.31. The number of benzene rings is 1. The zero-order valence-electron chi connectivity index (χ0n) is 9.13. The van der Waals surface area contributed by atoms with Crippen LogP contribution in [0, 0.1) is 17.0 Å². The number of nitro benzene ring substituents is 1. The summed E-state index contributed by atoms with van der Waals surface area (Å²) in [5.74, 6) is 0. The standard InChI is InChI=1S/C11H10ClN3O2/c1-8-5-13-14(6-8)7-9-4-10(15(16)17)2-3-11(9)12/h2-6H,7H2,1H3. The molecule has 0 amide bonds. The van der Waals surface area contributed by atoms with Crippen molar-refractivity contribution < 1.29 is 4.92 Å². The lowest BCUT2D eigenvalue weighted by Gasteiger charge is -2.04. The van der Waals surface area contributed by atoms with Gasteiger partial charge in [0.05, 0.1) is 17.7 Å². The van der Waals surface area contributed by atoms with Gasteiger partial charge in [0.15, 0.2) is 0 Å². The van der Waals surface area contributed by atoms with Crippen LogP contribution in [-0.4, -0.2) is 14.7 Å². The van der Waals surface area contributed by atoms with Gasteiger partial charge in [0.2, 0.25) is 0 Å². The van der Waals surface area contributed by atoms with E-state index in [9.17, 15) is 10.1 Å². The van der Waals surface area contributed by atoms with Crippen molar-refractivity contribution in [2.75, 3.05) is 0 Å². The molecule has 0 N–H and O–H groups in total. The summed E-state index contributed by atoms with van der Waals surface area (Å²) in [6.45, 7) is 2.35. The molecule has 0 saturated heterocycles. The fourth-order valence-electron chi connectivity index (χ4n) is 1.52. The number of rotatable bonds is 3. The highest BCUT2D eigenvalue weighted by Crippen LogP contribution is 2.22.